The van der Waals surface area contributed by atoms with Crippen LogP contribution in [0.25, 0.3) is 0 Å². The third-order valence-electron chi connectivity index (χ3n) is 1.79. The number of hydrazone groups is 1. The van der Waals surface area contributed by atoms with Crippen molar-refractivity contribution >= 4 is 23.5 Å². The fourth-order valence-corrected chi connectivity index (χ4v) is 1.18. The molecule has 1 aromatic rings. The van der Waals surface area contributed by atoms with Crippen LogP contribution in [0.4, 0.5) is 8.78 Å². The number of alkyl halides is 2. The average Bonchev–Trinajstić information content (AvgIpc) is 2.29. The molecule has 0 spiro atoms. The molecule has 1 rings (SSSR count). The van der Waals surface area contributed by atoms with Crippen molar-refractivity contribution < 1.29 is 18.3 Å². The molecule has 0 radical (unpaired) electrons. The zero-order valence-corrected chi connectivity index (χ0v) is 10.2. The van der Waals surface area contributed by atoms with Crippen LogP contribution in [0.15, 0.2) is 23.3 Å². The number of nitrogens with one attached hydrogen (secondary N) is 1. The quantitative estimate of drug-likeness (QED) is 0.484. The van der Waals surface area contributed by atoms with Crippen LogP contribution >= 0.6 is 12.2 Å². The van der Waals surface area contributed by atoms with Gasteiger partial charge in [-0.2, -0.15) is 13.9 Å². The maximum atomic E-state index is 12.1. The minimum atomic E-state index is -2.91. The Hall–Kier alpha value is -1.96. The highest BCUT2D eigenvalue weighted by Crippen LogP contribution is 2.28. The van der Waals surface area contributed by atoms with Crippen molar-refractivity contribution in [3.63, 3.8) is 0 Å². The molecule has 18 heavy (non-hydrogen) atoms. The standard InChI is InChI=1S/C10H11F2N3O2S/c1-16-8-4-6(5-14-15-10(13)18)2-3-7(8)17-9(11)12/h2-5,9H,1H3,(H3,13,15,18). The van der Waals surface area contributed by atoms with Crippen molar-refractivity contribution in [1.82, 2.24) is 5.43 Å². The lowest BCUT2D eigenvalue weighted by Crippen LogP contribution is -2.23. The number of nitrogens with zero attached hydrogens (tertiary/aromatic N) is 1. The van der Waals surface area contributed by atoms with Gasteiger partial charge in [-0.1, -0.05) is 0 Å². The second-order valence-electron chi connectivity index (χ2n) is 3.02. The number of benzene rings is 1. The number of hydrogen-bond acceptors (Lipinski definition) is 4. The van der Waals surface area contributed by atoms with E-state index in [0.717, 1.165) is 0 Å². The van der Waals surface area contributed by atoms with E-state index in [-0.39, 0.29) is 16.6 Å². The van der Waals surface area contributed by atoms with Crippen LogP contribution in [0.5, 0.6) is 11.5 Å². The molecule has 98 valence electrons. The molecule has 0 atom stereocenters. The summed E-state index contributed by atoms with van der Waals surface area (Å²) in [5.74, 6) is 0.126. The molecular weight excluding hydrogens is 264 g/mol. The summed E-state index contributed by atoms with van der Waals surface area (Å²) in [5, 5.41) is 3.75. The molecule has 0 heterocycles. The van der Waals surface area contributed by atoms with E-state index in [9.17, 15) is 8.78 Å². The molecule has 5 nitrogen and oxygen atoms in total. The van der Waals surface area contributed by atoms with Crippen LogP contribution in [-0.4, -0.2) is 25.0 Å². The van der Waals surface area contributed by atoms with Crippen molar-refractivity contribution in [2.24, 2.45) is 10.8 Å². The second-order valence-corrected chi connectivity index (χ2v) is 3.46. The van der Waals surface area contributed by atoms with Gasteiger partial charge in [-0.15, -0.1) is 0 Å². The summed E-state index contributed by atoms with van der Waals surface area (Å²) in [6.07, 6.45) is 1.41. The minimum absolute atomic E-state index is 0.0240. The van der Waals surface area contributed by atoms with E-state index in [1.807, 2.05) is 0 Å². The first kappa shape index (κ1) is 14.1. The Morgan fingerprint density at radius 2 is 2.22 bits per heavy atom. The normalized spacial score (nSPS) is 10.7. The van der Waals surface area contributed by atoms with E-state index in [2.05, 4.69) is 27.5 Å². The molecule has 0 bridgehead atoms. The summed E-state index contributed by atoms with van der Waals surface area (Å²) in [5.41, 5.74) is 8.14. The maximum Gasteiger partial charge on any atom is 0.387 e. The number of halogens is 2. The highest BCUT2D eigenvalue weighted by molar-refractivity contribution is 7.80. The number of methoxy groups -OCH3 is 1. The van der Waals surface area contributed by atoms with Gasteiger partial charge in [0.2, 0.25) is 0 Å². The van der Waals surface area contributed by atoms with E-state index in [4.69, 9.17) is 10.5 Å². The van der Waals surface area contributed by atoms with Gasteiger partial charge in [-0.05, 0) is 36.0 Å². The lowest BCUT2D eigenvalue weighted by Gasteiger charge is -2.09. The molecule has 8 heteroatoms. The third kappa shape index (κ3) is 4.50. The lowest BCUT2D eigenvalue weighted by molar-refractivity contribution is -0.0512. The van der Waals surface area contributed by atoms with E-state index < -0.39 is 6.61 Å². The first-order valence-corrected chi connectivity index (χ1v) is 5.15. The van der Waals surface area contributed by atoms with Crippen LogP contribution in [0, 0.1) is 0 Å². The van der Waals surface area contributed by atoms with Crippen LogP contribution in [0.3, 0.4) is 0 Å². The fourth-order valence-electron chi connectivity index (χ4n) is 1.13. The topological polar surface area (TPSA) is 68.9 Å². The Balaban J connectivity index is 2.84. The van der Waals surface area contributed by atoms with Crippen LogP contribution < -0.4 is 20.6 Å². The van der Waals surface area contributed by atoms with Gasteiger partial charge in [0.05, 0.1) is 13.3 Å². The van der Waals surface area contributed by atoms with Crippen LogP contribution in [0.1, 0.15) is 5.56 Å². The molecule has 0 aliphatic rings. The Morgan fingerprint density at radius 1 is 1.50 bits per heavy atom. The summed E-state index contributed by atoms with van der Waals surface area (Å²) in [4.78, 5) is 0. The van der Waals surface area contributed by atoms with Crippen LogP contribution in [0.2, 0.25) is 0 Å². The largest absolute Gasteiger partial charge is 0.493 e. The van der Waals surface area contributed by atoms with Crippen molar-refractivity contribution in [3.05, 3.63) is 23.8 Å². The van der Waals surface area contributed by atoms with Crippen molar-refractivity contribution in [2.75, 3.05) is 7.11 Å². The van der Waals surface area contributed by atoms with Gasteiger partial charge >= 0.3 is 6.61 Å². The summed E-state index contributed by atoms with van der Waals surface area (Å²) < 4.78 is 33.4. The van der Waals surface area contributed by atoms with Gasteiger partial charge < -0.3 is 15.2 Å². The molecular formula is C10H11F2N3O2S. The zero-order chi connectivity index (χ0) is 13.5. The highest BCUT2D eigenvalue weighted by Gasteiger charge is 2.10. The number of nitrogens with two attached hydrogens (primary N) is 1. The molecule has 0 saturated carbocycles. The molecule has 0 fully saturated rings. The summed E-state index contributed by atoms with van der Waals surface area (Å²) in [6, 6.07) is 4.38. The van der Waals surface area contributed by atoms with Gasteiger partial charge in [0, 0.05) is 0 Å². The second kappa shape index (κ2) is 6.70. The predicted molar refractivity (Wildman–Crippen MR) is 67.1 cm³/mol. The number of thiocarbonyl (C=S) groups is 1. The summed E-state index contributed by atoms with van der Waals surface area (Å²) >= 11 is 4.55. The predicted octanol–water partition coefficient (Wildman–Crippen LogP) is 1.46. The molecule has 0 aromatic heterocycles. The van der Waals surface area contributed by atoms with Gasteiger partial charge in [0.15, 0.2) is 16.6 Å². The van der Waals surface area contributed by atoms with Gasteiger partial charge in [0.25, 0.3) is 0 Å². The van der Waals surface area contributed by atoms with Gasteiger partial charge in [-0.25, -0.2) is 0 Å². The van der Waals surface area contributed by atoms with Crippen LogP contribution in [-0.2, 0) is 0 Å². The highest BCUT2D eigenvalue weighted by atomic mass is 32.1. The smallest absolute Gasteiger partial charge is 0.387 e. The van der Waals surface area contributed by atoms with E-state index in [0.29, 0.717) is 5.56 Å². The monoisotopic (exact) mass is 275 g/mol. The fraction of sp³-hybridized carbons (Fsp3) is 0.200. The van der Waals surface area contributed by atoms with Gasteiger partial charge in [-0.3, -0.25) is 5.43 Å². The van der Waals surface area contributed by atoms with E-state index in [1.165, 1.54) is 31.5 Å². The Morgan fingerprint density at radius 3 is 2.78 bits per heavy atom. The van der Waals surface area contributed by atoms with E-state index >= 15 is 0 Å². The van der Waals surface area contributed by atoms with Crippen molar-refractivity contribution in [1.29, 1.82) is 0 Å². The first-order chi connectivity index (χ1) is 8.52. The van der Waals surface area contributed by atoms with Gasteiger partial charge in [0.1, 0.15) is 0 Å². The Bertz CT molecular complexity index is 455. The lowest BCUT2D eigenvalue weighted by atomic mass is 10.2. The third-order valence-corrected chi connectivity index (χ3v) is 1.88. The average molecular weight is 275 g/mol. The van der Waals surface area contributed by atoms with Crippen molar-refractivity contribution in [2.45, 2.75) is 6.61 Å². The molecule has 0 saturated heterocycles. The number of rotatable bonds is 5. The molecule has 0 aliphatic heterocycles. The Kier molecular flexibility index (Phi) is 5.25. The number of hydrogen-bond donors (Lipinski definition) is 2. The van der Waals surface area contributed by atoms with Crippen molar-refractivity contribution in [3.8, 4) is 11.5 Å². The molecule has 3 N–H and O–H groups in total. The first-order valence-electron chi connectivity index (χ1n) is 4.74. The summed E-state index contributed by atoms with van der Waals surface area (Å²) in [6.45, 7) is -2.91. The zero-order valence-electron chi connectivity index (χ0n) is 9.39. The Labute approximate surface area is 108 Å². The SMILES string of the molecule is COc1cc(C=NNC(N)=S)ccc1OC(F)F. The van der Waals surface area contributed by atoms with E-state index in [1.54, 1.807) is 0 Å². The minimum Gasteiger partial charge on any atom is -0.493 e. The molecule has 1 aromatic carbocycles. The number of ether oxygens (including phenoxy) is 2. The summed E-state index contributed by atoms with van der Waals surface area (Å²) in [7, 11) is 1.35. The molecule has 0 aliphatic carbocycles. The molecule has 0 unspecified atom stereocenters. The molecule has 0 amide bonds. The maximum absolute atomic E-state index is 12.1.